The fourth-order valence-corrected chi connectivity index (χ4v) is 1.53. The number of halogens is 1. The summed E-state index contributed by atoms with van der Waals surface area (Å²) in [5.74, 6) is -0.547. The number of carbonyl (C=O) groups is 1. The van der Waals surface area contributed by atoms with Crippen molar-refractivity contribution < 1.29 is 19.7 Å². The highest BCUT2D eigenvalue weighted by atomic mass is 79.9. The predicted molar refractivity (Wildman–Crippen MR) is 49.1 cm³/mol. The molecular formula is C8H9BrO4. The summed E-state index contributed by atoms with van der Waals surface area (Å²) in [6.07, 6.45) is 0.663. The van der Waals surface area contributed by atoms with Gasteiger partial charge in [0.05, 0.1) is 12.7 Å². The summed E-state index contributed by atoms with van der Waals surface area (Å²) in [4.78, 5) is 11.1. The van der Waals surface area contributed by atoms with E-state index in [-0.39, 0.29) is 10.1 Å². The second kappa shape index (κ2) is 4.04. The van der Waals surface area contributed by atoms with E-state index in [4.69, 9.17) is 5.11 Å². The molecule has 0 spiro atoms. The minimum Gasteiger partial charge on any atom is -0.465 e. The van der Waals surface area contributed by atoms with Crippen molar-refractivity contribution in [2.24, 2.45) is 0 Å². The topological polar surface area (TPSA) is 66.8 Å². The van der Waals surface area contributed by atoms with Crippen LogP contribution in [0.3, 0.4) is 0 Å². The molecule has 13 heavy (non-hydrogen) atoms. The Balaban J connectivity index is 2.97. The number of hydrogen-bond donors (Lipinski definition) is 2. The van der Waals surface area contributed by atoms with Crippen LogP contribution in [-0.4, -0.2) is 35.5 Å². The number of hydrogen-bond acceptors (Lipinski definition) is 4. The van der Waals surface area contributed by atoms with Gasteiger partial charge in [-0.15, -0.1) is 0 Å². The number of rotatable bonds is 1. The smallest absolute Gasteiger partial charge is 0.338 e. The molecule has 2 N–H and O–H groups in total. The zero-order valence-electron chi connectivity index (χ0n) is 6.90. The van der Waals surface area contributed by atoms with Gasteiger partial charge in [-0.25, -0.2) is 4.79 Å². The van der Waals surface area contributed by atoms with Crippen molar-refractivity contribution in [3.63, 3.8) is 0 Å². The van der Waals surface area contributed by atoms with Gasteiger partial charge in [0.15, 0.2) is 0 Å². The molecule has 0 fully saturated rings. The van der Waals surface area contributed by atoms with Crippen LogP contribution in [-0.2, 0) is 9.53 Å². The molecule has 0 saturated heterocycles. The second-order valence-corrected chi connectivity index (χ2v) is 3.40. The lowest BCUT2D eigenvalue weighted by atomic mass is 10.0. The van der Waals surface area contributed by atoms with Gasteiger partial charge in [-0.2, -0.15) is 0 Å². The van der Waals surface area contributed by atoms with Gasteiger partial charge in [0, 0.05) is 4.48 Å². The lowest BCUT2D eigenvalue weighted by Gasteiger charge is -2.19. The Kier molecular flexibility index (Phi) is 3.24. The van der Waals surface area contributed by atoms with Crippen molar-refractivity contribution in [3.05, 3.63) is 22.2 Å². The molecule has 0 amide bonds. The first-order valence-corrected chi connectivity index (χ1v) is 4.39. The van der Waals surface area contributed by atoms with E-state index < -0.39 is 18.2 Å². The van der Waals surface area contributed by atoms with Gasteiger partial charge in [-0.1, -0.05) is 22.0 Å². The maximum absolute atomic E-state index is 11.1. The molecule has 1 aliphatic carbocycles. The highest BCUT2D eigenvalue weighted by Gasteiger charge is 2.26. The number of ether oxygens (including phenoxy) is 1. The van der Waals surface area contributed by atoms with Crippen molar-refractivity contribution in [2.45, 2.75) is 12.2 Å². The molecule has 0 radical (unpaired) electrons. The van der Waals surface area contributed by atoms with Crippen LogP contribution < -0.4 is 0 Å². The van der Waals surface area contributed by atoms with Crippen molar-refractivity contribution in [1.29, 1.82) is 0 Å². The molecule has 0 aromatic carbocycles. The van der Waals surface area contributed by atoms with Gasteiger partial charge in [0.1, 0.15) is 12.2 Å². The minimum atomic E-state index is -1.10. The Morgan fingerprint density at radius 2 is 2.23 bits per heavy atom. The third kappa shape index (κ3) is 1.99. The lowest BCUT2D eigenvalue weighted by molar-refractivity contribution is -0.135. The van der Waals surface area contributed by atoms with E-state index in [1.165, 1.54) is 19.3 Å². The van der Waals surface area contributed by atoms with Crippen LogP contribution in [0.4, 0.5) is 0 Å². The lowest BCUT2D eigenvalue weighted by Crippen LogP contribution is -2.28. The fourth-order valence-electron chi connectivity index (χ4n) is 0.964. The predicted octanol–water partition coefficient (Wildman–Crippen LogP) is 0.100. The second-order valence-electron chi connectivity index (χ2n) is 2.55. The average Bonchev–Trinajstić information content (AvgIpc) is 2.13. The number of aliphatic hydroxyl groups excluding tert-OH is 2. The van der Waals surface area contributed by atoms with Gasteiger partial charge in [-0.05, 0) is 6.08 Å². The first-order valence-electron chi connectivity index (χ1n) is 3.60. The summed E-state index contributed by atoms with van der Waals surface area (Å²) >= 11 is 3.02. The Bertz CT molecular complexity index is 282. The van der Waals surface area contributed by atoms with Crippen LogP contribution in [0.2, 0.25) is 0 Å². The molecular weight excluding hydrogens is 240 g/mol. The number of methoxy groups -OCH3 is 1. The van der Waals surface area contributed by atoms with Crippen LogP contribution in [0.1, 0.15) is 0 Å². The minimum absolute atomic E-state index is 0.223. The number of aliphatic hydroxyl groups is 2. The summed E-state index contributed by atoms with van der Waals surface area (Å²) in [6, 6.07) is 0. The molecule has 2 atom stereocenters. The molecule has 0 saturated carbocycles. The van der Waals surface area contributed by atoms with Crippen LogP contribution in [0.5, 0.6) is 0 Å². The summed E-state index contributed by atoms with van der Waals surface area (Å²) in [7, 11) is 1.25. The van der Waals surface area contributed by atoms with Crippen LogP contribution in [0.25, 0.3) is 0 Å². The zero-order valence-corrected chi connectivity index (χ0v) is 8.48. The summed E-state index contributed by atoms with van der Waals surface area (Å²) in [6.45, 7) is 0. The molecule has 0 heterocycles. The molecule has 5 heteroatoms. The summed E-state index contributed by atoms with van der Waals surface area (Å²) < 4.78 is 4.72. The third-order valence-corrected chi connectivity index (χ3v) is 2.60. The van der Waals surface area contributed by atoms with Crippen LogP contribution >= 0.6 is 15.9 Å². The molecule has 72 valence electrons. The largest absolute Gasteiger partial charge is 0.465 e. The molecule has 0 bridgehead atoms. The Hall–Kier alpha value is -0.650. The maximum atomic E-state index is 11.1. The van der Waals surface area contributed by atoms with Gasteiger partial charge >= 0.3 is 5.97 Å². The standard InChI is InChI=1S/C8H9BrO4/c1-13-8(12)4-2-3-5(10)7(11)6(4)9/h2-3,5,7,10-11H,1H3/t5-,7-/m0/s1. The Labute approximate surface area is 83.6 Å². The molecule has 0 aliphatic heterocycles. The van der Waals surface area contributed by atoms with E-state index in [0.29, 0.717) is 0 Å². The Morgan fingerprint density at radius 1 is 1.62 bits per heavy atom. The van der Waals surface area contributed by atoms with Gasteiger partial charge < -0.3 is 14.9 Å². The quantitative estimate of drug-likeness (QED) is 0.647. The number of carbonyl (C=O) groups excluding carboxylic acids is 1. The van der Waals surface area contributed by atoms with Crippen molar-refractivity contribution >= 4 is 21.9 Å². The van der Waals surface area contributed by atoms with Crippen LogP contribution in [0, 0.1) is 0 Å². The van der Waals surface area contributed by atoms with Gasteiger partial charge in [0.2, 0.25) is 0 Å². The zero-order chi connectivity index (χ0) is 10.0. The first-order chi connectivity index (χ1) is 6.07. The molecule has 1 aliphatic rings. The Morgan fingerprint density at radius 3 is 2.77 bits per heavy atom. The SMILES string of the molecule is COC(=O)C1=C(Br)[C@@H](O)[C@@H](O)C=C1. The molecule has 0 aromatic heterocycles. The normalized spacial score (nSPS) is 27.7. The molecule has 1 rings (SSSR count). The van der Waals surface area contributed by atoms with E-state index in [1.54, 1.807) is 0 Å². The molecule has 0 aromatic rings. The average molecular weight is 249 g/mol. The van der Waals surface area contributed by atoms with E-state index in [1.807, 2.05) is 0 Å². The molecule has 0 unspecified atom stereocenters. The highest BCUT2D eigenvalue weighted by molar-refractivity contribution is 9.11. The van der Waals surface area contributed by atoms with Crippen LogP contribution in [0.15, 0.2) is 22.2 Å². The van der Waals surface area contributed by atoms with Gasteiger partial charge in [-0.3, -0.25) is 0 Å². The van der Waals surface area contributed by atoms with Crippen molar-refractivity contribution in [1.82, 2.24) is 0 Å². The van der Waals surface area contributed by atoms with Crippen molar-refractivity contribution in [3.8, 4) is 0 Å². The summed E-state index contributed by atoms with van der Waals surface area (Å²) in [5.41, 5.74) is 0.223. The van der Waals surface area contributed by atoms with E-state index >= 15 is 0 Å². The first kappa shape index (κ1) is 10.4. The van der Waals surface area contributed by atoms with E-state index in [0.717, 1.165) is 0 Å². The monoisotopic (exact) mass is 248 g/mol. The van der Waals surface area contributed by atoms with E-state index in [9.17, 15) is 9.90 Å². The third-order valence-electron chi connectivity index (χ3n) is 1.71. The van der Waals surface area contributed by atoms with Gasteiger partial charge in [0.25, 0.3) is 0 Å². The number of esters is 1. The van der Waals surface area contributed by atoms with E-state index in [2.05, 4.69) is 20.7 Å². The maximum Gasteiger partial charge on any atom is 0.338 e. The fraction of sp³-hybridized carbons (Fsp3) is 0.375. The molecule has 4 nitrogen and oxygen atoms in total. The summed E-state index contributed by atoms with van der Waals surface area (Å²) in [5, 5.41) is 18.5. The van der Waals surface area contributed by atoms with Crippen molar-refractivity contribution in [2.75, 3.05) is 7.11 Å². The highest BCUT2D eigenvalue weighted by Crippen LogP contribution is 2.25.